The highest BCUT2D eigenvalue weighted by atomic mass is 35.5. The summed E-state index contributed by atoms with van der Waals surface area (Å²) in [6.07, 6.45) is 0.127. The van der Waals surface area contributed by atoms with Crippen molar-refractivity contribution in [2.45, 2.75) is 13.3 Å². The maximum Gasteiger partial charge on any atom is 0.309 e. The number of benzene rings is 1. The summed E-state index contributed by atoms with van der Waals surface area (Å²) in [6, 6.07) is 4.70. The molecule has 0 spiro atoms. The van der Waals surface area contributed by atoms with Gasteiger partial charge < -0.3 is 9.47 Å². The minimum absolute atomic E-state index is 0.127. The molecule has 16 heavy (non-hydrogen) atoms. The van der Waals surface area contributed by atoms with E-state index in [9.17, 15) is 9.18 Å². The molecular weight excluding hydrogens is 235 g/mol. The summed E-state index contributed by atoms with van der Waals surface area (Å²) in [5.74, 6) is -0.597. The molecule has 0 saturated carbocycles. The zero-order valence-electron chi connectivity index (χ0n) is 8.76. The highest BCUT2D eigenvalue weighted by molar-refractivity contribution is 6.32. The molecule has 0 heterocycles. The zero-order chi connectivity index (χ0) is 12.0. The Hall–Kier alpha value is -1.29. The SMILES string of the molecule is CCOC(=O)CCOc1c[c]c(F)cc1Cl. The molecule has 0 N–H and O–H groups in total. The number of hydrogen-bond donors (Lipinski definition) is 0. The third-order valence-corrected chi connectivity index (χ3v) is 1.99. The van der Waals surface area contributed by atoms with Gasteiger partial charge >= 0.3 is 5.97 Å². The van der Waals surface area contributed by atoms with Crippen molar-refractivity contribution in [3.8, 4) is 5.75 Å². The largest absolute Gasteiger partial charge is 0.491 e. The van der Waals surface area contributed by atoms with Crippen molar-refractivity contribution in [3.05, 3.63) is 29.0 Å². The zero-order valence-corrected chi connectivity index (χ0v) is 9.51. The Morgan fingerprint density at radius 2 is 2.38 bits per heavy atom. The highest BCUT2D eigenvalue weighted by Gasteiger charge is 2.05. The minimum Gasteiger partial charge on any atom is -0.491 e. The third kappa shape index (κ3) is 4.06. The van der Waals surface area contributed by atoms with Crippen LogP contribution in [0.4, 0.5) is 4.39 Å². The van der Waals surface area contributed by atoms with E-state index in [4.69, 9.17) is 21.1 Å². The molecule has 3 nitrogen and oxygen atoms in total. The lowest BCUT2D eigenvalue weighted by Crippen LogP contribution is -2.09. The van der Waals surface area contributed by atoms with Gasteiger partial charge in [-0.25, -0.2) is 4.39 Å². The molecule has 0 amide bonds. The van der Waals surface area contributed by atoms with Crippen LogP contribution in [-0.2, 0) is 9.53 Å². The van der Waals surface area contributed by atoms with Crippen molar-refractivity contribution in [1.82, 2.24) is 0 Å². The van der Waals surface area contributed by atoms with Crippen LogP contribution in [0.1, 0.15) is 13.3 Å². The van der Waals surface area contributed by atoms with Crippen LogP contribution in [-0.4, -0.2) is 19.2 Å². The monoisotopic (exact) mass is 245 g/mol. The van der Waals surface area contributed by atoms with E-state index in [0.717, 1.165) is 6.07 Å². The first-order valence-electron chi connectivity index (χ1n) is 4.78. The van der Waals surface area contributed by atoms with Crippen molar-refractivity contribution in [1.29, 1.82) is 0 Å². The normalized spacial score (nSPS) is 9.94. The molecule has 1 rings (SSSR count). The van der Waals surface area contributed by atoms with Gasteiger partial charge in [-0.15, -0.1) is 0 Å². The number of halogens is 2. The molecule has 0 unspecified atom stereocenters. The van der Waals surface area contributed by atoms with E-state index >= 15 is 0 Å². The van der Waals surface area contributed by atoms with Crippen molar-refractivity contribution in [3.63, 3.8) is 0 Å². The Morgan fingerprint density at radius 3 is 3.00 bits per heavy atom. The first kappa shape index (κ1) is 12.8. The standard InChI is InChI=1S/C11H11ClFO3/c1-2-15-11(14)5-6-16-10-4-3-8(13)7-9(10)12/h4,7H,2,5-6H2,1H3. The fourth-order valence-electron chi connectivity index (χ4n) is 1.02. The summed E-state index contributed by atoms with van der Waals surface area (Å²) in [7, 11) is 0. The van der Waals surface area contributed by atoms with Crippen molar-refractivity contribution in [2.75, 3.05) is 13.2 Å². The number of ether oxygens (including phenoxy) is 2. The second-order valence-electron chi connectivity index (χ2n) is 2.90. The van der Waals surface area contributed by atoms with Gasteiger partial charge in [-0.3, -0.25) is 4.79 Å². The molecule has 5 heteroatoms. The van der Waals surface area contributed by atoms with Crippen LogP contribution in [0.25, 0.3) is 0 Å². The smallest absolute Gasteiger partial charge is 0.309 e. The summed E-state index contributed by atoms with van der Waals surface area (Å²) in [5, 5.41) is 0.153. The molecular formula is C11H11ClFO3. The first-order chi connectivity index (χ1) is 7.63. The van der Waals surface area contributed by atoms with Gasteiger partial charge in [0.1, 0.15) is 11.6 Å². The molecule has 1 aromatic carbocycles. The topological polar surface area (TPSA) is 35.5 Å². The predicted molar refractivity (Wildman–Crippen MR) is 57.0 cm³/mol. The lowest BCUT2D eigenvalue weighted by molar-refractivity contribution is -0.143. The van der Waals surface area contributed by atoms with Crippen LogP contribution in [0.3, 0.4) is 0 Å². The van der Waals surface area contributed by atoms with Crippen LogP contribution in [0.15, 0.2) is 12.1 Å². The molecule has 0 atom stereocenters. The predicted octanol–water partition coefficient (Wildman–Crippen LogP) is 2.61. The van der Waals surface area contributed by atoms with Crippen LogP contribution < -0.4 is 4.74 Å². The molecule has 0 bridgehead atoms. The maximum absolute atomic E-state index is 12.6. The van der Waals surface area contributed by atoms with Gasteiger partial charge in [0, 0.05) is 6.07 Å². The number of hydrogen-bond acceptors (Lipinski definition) is 3. The Bertz CT molecular complexity index is 368. The van der Waals surface area contributed by atoms with Crippen LogP contribution in [0.5, 0.6) is 5.75 Å². The van der Waals surface area contributed by atoms with Gasteiger partial charge in [0.2, 0.25) is 0 Å². The van der Waals surface area contributed by atoms with Gasteiger partial charge in [0.25, 0.3) is 0 Å². The molecule has 0 aliphatic heterocycles. The summed E-state index contributed by atoms with van der Waals surface area (Å²) in [6.45, 7) is 2.20. The second-order valence-corrected chi connectivity index (χ2v) is 3.30. The molecule has 0 aliphatic carbocycles. The number of carbonyl (C=O) groups is 1. The van der Waals surface area contributed by atoms with Crippen LogP contribution >= 0.6 is 11.6 Å². The number of rotatable bonds is 5. The van der Waals surface area contributed by atoms with E-state index in [1.54, 1.807) is 6.92 Å². The average Bonchev–Trinajstić information content (AvgIpc) is 2.22. The van der Waals surface area contributed by atoms with Gasteiger partial charge in [0.05, 0.1) is 24.7 Å². The lowest BCUT2D eigenvalue weighted by atomic mass is 10.3. The molecule has 87 valence electrons. The summed E-state index contributed by atoms with van der Waals surface area (Å²) >= 11 is 5.70. The Morgan fingerprint density at radius 1 is 1.62 bits per heavy atom. The average molecular weight is 246 g/mol. The first-order valence-corrected chi connectivity index (χ1v) is 5.16. The van der Waals surface area contributed by atoms with E-state index in [1.807, 2.05) is 0 Å². The van der Waals surface area contributed by atoms with Gasteiger partial charge in [-0.1, -0.05) is 11.6 Å². The van der Waals surface area contributed by atoms with Crippen molar-refractivity contribution in [2.24, 2.45) is 0 Å². The maximum atomic E-state index is 12.6. The number of carbonyl (C=O) groups excluding carboxylic acids is 1. The summed E-state index contributed by atoms with van der Waals surface area (Å²) in [4.78, 5) is 11.0. The number of esters is 1. The molecule has 1 radical (unpaired) electrons. The Kier molecular flexibility index (Phi) is 5.05. The van der Waals surface area contributed by atoms with E-state index < -0.39 is 5.82 Å². The Labute approximate surface area is 98.1 Å². The molecule has 0 saturated heterocycles. The van der Waals surface area contributed by atoms with Gasteiger partial charge in [0.15, 0.2) is 0 Å². The van der Waals surface area contributed by atoms with E-state index in [1.165, 1.54) is 6.07 Å². The summed E-state index contributed by atoms with van der Waals surface area (Å²) in [5.41, 5.74) is 0. The highest BCUT2D eigenvalue weighted by Crippen LogP contribution is 2.24. The van der Waals surface area contributed by atoms with Crippen molar-refractivity contribution >= 4 is 17.6 Å². The van der Waals surface area contributed by atoms with Gasteiger partial charge in [-0.2, -0.15) is 0 Å². The third-order valence-electron chi connectivity index (χ3n) is 1.70. The second kappa shape index (κ2) is 6.33. The van der Waals surface area contributed by atoms with E-state index in [-0.39, 0.29) is 24.0 Å². The summed E-state index contributed by atoms with van der Waals surface area (Å²) < 4.78 is 22.5. The van der Waals surface area contributed by atoms with E-state index in [0.29, 0.717) is 12.4 Å². The molecule has 0 fully saturated rings. The van der Waals surface area contributed by atoms with E-state index in [2.05, 4.69) is 6.07 Å². The van der Waals surface area contributed by atoms with Crippen LogP contribution in [0.2, 0.25) is 5.02 Å². The molecule has 0 aliphatic rings. The van der Waals surface area contributed by atoms with Crippen LogP contribution in [0, 0.1) is 11.9 Å². The quantitative estimate of drug-likeness (QED) is 0.748. The molecule has 0 aromatic heterocycles. The fraction of sp³-hybridized carbons (Fsp3) is 0.364. The van der Waals surface area contributed by atoms with Gasteiger partial charge in [-0.05, 0) is 19.1 Å². The fourth-order valence-corrected chi connectivity index (χ4v) is 1.22. The lowest BCUT2D eigenvalue weighted by Gasteiger charge is -2.07. The minimum atomic E-state index is -0.553. The molecule has 1 aromatic rings. The van der Waals surface area contributed by atoms with Crippen molar-refractivity contribution < 1.29 is 18.7 Å². The Balaban J connectivity index is 2.40.